The van der Waals surface area contributed by atoms with Gasteiger partial charge in [-0.15, -0.1) is 0 Å². The second-order valence-electron chi connectivity index (χ2n) is 6.15. The van der Waals surface area contributed by atoms with Crippen LogP contribution in [0.3, 0.4) is 0 Å². The number of halogens is 1. The number of anilines is 1. The molecule has 23 heavy (non-hydrogen) atoms. The predicted octanol–water partition coefficient (Wildman–Crippen LogP) is 3.75. The molecule has 0 fully saturated rings. The Morgan fingerprint density at radius 2 is 2.00 bits per heavy atom. The largest absolute Gasteiger partial charge is 0.324 e. The quantitative estimate of drug-likeness (QED) is 0.484. The van der Waals surface area contributed by atoms with Crippen molar-refractivity contribution >= 4 is 27.5 Å². The van der Waals surface area contributed by atoms with Crippen LogP contribution >= 0.6 is 16.1 Å². The number of hydrogen-bond donors (Lipinski definition) is 2. The first-order chi connectivity index (χ1) is 11.0. The van der Waals surface area contributed by atoms with E-state index in [9.17, 15) is 10.1 Å². The Balaban J connectivity index is 1.95. The zero-order valence-electron chi connectivity index (χ0n) is 12.6. The molecule has 0 aliphatic heterocycles. The van der Waals surface area contributed by atoms with Gasteiger partial charge in [0.15, 0.2) is 0 Å². The minimum atomic E-state index is -0.387. The number of aryl methyl sites for hydroxylation is 1. The van der Waals surface area contributed by atoms with Crippen molar-refractivity contribution in [2.24, 2.45) is 5.73 Å². The Bertz CT molecular complexity index is 736. The van der Waals surface area contributed by atoms with E-state index in [-0.39, 0.29) is 16.1 Å². The van der Waals surface area contributed by atoms with Crippen molar-refractivity contribution < 1.29 is 4.92 Å². The summed E-state index contributed by atoms with van der Waals surface area (Å²) >= 11 is 3.16. The lowest BCUT2D eigenvalue weighted by atomic mass is 9.74. The van der Waals surface area contributed by atoms with Gasteiger partial charge in [0, 0.05) is 27.8 Å². The monoisotopic (exact) mass is 375 g/mol. The number of nitrogens with two attached hydrogens (primary N) is 1. The molecule has 6 heteroatoms. The molecule has 3 N–H and O–H groups in total. The second-order valence-corrected chi connectivity index (χ2v) is 6.55. The van der Waals surface area contributed by atoms with Crippen LogP contribution in [-0.4, -0.2) is 10.5 Å². The molecule has 2 aromatic carbocycles. The van der Waals surface area contributed by atoms with Crippen molar-refractivity contribution in [1.29, 1.82) is 0 Å². The highest BCUT2D eigenvalue weighted by atomic mass is 79.9. The number of fused-ring (bicyclic) bond motifs is 1. The number of nitro benzene ring substituents is 1. The molecule has 3 rings (SSSR count). The van der Waals surface area contributed by atoms with Gasteiger partial charge < -0.3 is 10.1 Å². The summed E-state index contributed by atoms with van der Waals surface area (Å²) < 4.78 is 2.82. The highest BCUT2D eigenvalue weighted by molar-refractivity contribution is 9.10. The molecular weight excluding hydrogens is 358 g/mol. The summed E-state index contributed by atoms with van der Waals surface area (Å²) in [7, 11) is 0. The molecule has 2 aromatic rings. The SMILES string of the molecule is NC1(Cc2ccccc2)CCc2ccc([N+](=O)[O-])c(NBr)c2C1. The molecule has 5 nitrogen and oxygen atoms in total. The zero-order chi connectivity index (χ0) is 16.4. The smallest absolute Gasteiger partial charge is 0.293 e. The van der Waals surface area contributed by atoms with Crippen molar-refractivity contribution in [1.82, 2.24) is 0 Å². The predicted molar refractivity (Wildman–Crippen MR) is 94.7 cm³/mol. The summed E-state index contributed by atoms with van der Waals surface area (Å²) in [5.74, 6) is 0. The summed E-state index contributed by atoms with van der Waals surface area (Å²) in [5.41, 5.74) is 10.1. The topological polar surface area (TPSA) is 81.2 Å². The fourth-order valence-corrected chi connectivity index (χ4v) is 3.79. The van der Waals surface area contributed by atoms with E-state index in [4.69, 9.17) is 5.73 Å². The van der Waals surface area contributed by atoms with Gasteiger partial charge in [0.25, 0.3) is 5.69 Å². The standard InChI is InChI=1S/C17H18BrN3O2/c18-20-16-14-11-17(19,10-12-4-2-1-3-5-12)9-8-13(14)6-7-15(16)21(22)23/h1-7,20H,8-11,19H2. The van der Waals surface area contributed by atoms with Crippen LogP contribution in [0.2, 0.25) is 0 Å². The summed E-state index contributed by atoms with van der Waals surface area (Å²) in [4.78, 5) is 10.9. The van der Waals surface area contributed by atoms with Gasteiger partial charge in [0.05, 0.1) is 4.92 Å². The maximum atomic E-state index is 11.2. The molecule has 0 heterocycles. The fraction of sp³-hybridized carbons (Fsp3) is 0.294. The normalized spacial score (nSPS) is 19.9. The number of nitrogens with zero attached hydrogens (tertiary/aromatic N) is 1. The average Bonchev–Trinajstić information content (AvgIpc) is 2.54. The van der Waals surface area contributed by atoms with Gasteiger partial charge in [-0.1, -0.05) is 36.4 Å². The van der Waals surface area contributed by atoms with Crippen molar-refractivity contribution in [3.8, 4) is 0 Å². The molecule has 0 bridgehead atoms. The lowest BCUT2D eigenvalue weighted by Crippen LogP contribution is -2.47. The lowest BCUT2D eigenvalue weighted by Gasteiger charge is -2.35. The highest BCUT2D eigenvalue weighted by Crippen LogP contribution is 2.39. The summed E-state index contributed by atoms with van der Waals surface area (Å²) in [6.45, 7) is 0. The molecule has 0 saturated carbocycles. The number of nitrogens with one attached hydrogen (secondary N) is 1. The van der Waals surface area contributed by atoms with Gasteiger partial charge >= 0.3 is 0 Å². The maximum absolute atomic E-state index is 11.2. The molecule has 1 aliphatic rings. The summed E-state index contributed by atoms with van der Waals surface area (Å²) in [6, 6.07) is 13.5. The minimum Gasteiger partial charge on any atom is -0.324 e. The minimum absolute atomic E-state index is 0.0737. The zero-order valence-corrected chi connectivity index (χ0v) is 14.2. The number of benzene rings is 2. The van der Waals surface area contributed by atoms with Crippen LogP contribution in [0.25, 0.3) is 0 Å². The van der Waals surface area contributed by atoms with Crippen LogP contribution in [0.4, 0.5) is 11.4 Å². The second kappa shape index (κ2) is 6.29. The maximum Gasteiger partial charge on any atom is 0.293 e. The van der Waals surface area contributed by atoms with Crippen molar-refractivity contribution in [3.05, 3.63) is 69.3 Å². The lowest BCUT2D eigenvalue weighted by molar-refractivity contribution is -0.383. The number of nitro groups is 1. The fourth-order valence-electron chi connectivity index (χ4n) is 3.35. The van der Waals surface area contributed by atoms with E-state index in [0.717, 1.165) is 30.4 Å². The van der Waals surface area contributed by atoms with Gasteiger partial charge in [-0.3, -0.25) is 10.1 Å². The third kappa shape index (κ3) is 3.23. The first-order valence-corrected chi connectivity index (χ1v) is 8.30. The van der Waals surface area contributed by atoms with E-state index in [1.165, 1.54) is 5.56 Å². The summed E-state index contributed by atoms with van der Waals surface area (Å²) in [5, 5.41) is 11.2. The van der Waals surface area contributed by atoms with E-state index in [1.54, 1.807) is 6.07 Å². The van der Waals surface area contributed by atoms with Gasteiger partial charge in [0.2, 0.25) is 0 Å². The Hall–Kier alpha value is -1.92. The van der Waals surface area contributed by atoms with E-state index in [1.807, 2.05) is 24.3 Å². The van der Waals surface area contributed by atoms with Crippen LogP contribution in [0.1, 0.15) is 23.1 Å². The molecule has 0 aromatic heterocycles. The molecule has 1 aliphatic carbocycles. The molecule has 120 valence electrons. The van der Waals surface area contributed by atoms with Gasteiger partial charge in [0.1, 0.15) is 5.69 Å². The first-order valence-electron chi connectivity index (χ1n) is 7.51. The number of hydrogen-bond acceptors (Lipinski definition) is 4. The molecular formula is C17H18BrN3O2. The molecule has 1 atom stereocenters. The van der Waals surface area contributed by atoms with Crippen LogP contribution in [-0.2, 0) is 19.3 Å². The Kier molecular flexibility index (Phi) is 4.37. The Morgan fingerprint density at radius 3 is 2.65 bits per heavy atom. The Morgan fingerprint density at radius 1 is 1.26 bits per heavy atom. The molecule has 1 unspecified atom stereocenters. The Labute approximate surface area is 143 Å². The third-order valence-electron chi connectivity index (χ3n) is 4.50. The van der Waals surface area contributed by atoms with Crippen molar-refractivity contribution in [3.63, 3.8) is 0 Å². The van der Waals surface area contributed by atoms with Crippen LogP contribution in [0.15, 0.2) is 42.5 Å². The van der Waals surface area contributed by atoms with Gasteiger partial charge in [-0.25, -0.2) is 0 Å². The van der Waals surface area contributed by atoms with E-state index in [0.29, 0.717) is 12.1 Å². The van der Waals surface area contributed by atoms with Crippen molar-refractivity contribution in [2.45, 2.75) is 31.2 Å². The van der Waals surface area contributed by atoms with Crippen molar-refractivity contribution in [2.75, 3.05) is 4.34 Å². The average molecular weight is 376 g/mol. The number of rotatable bonds is 4. The van der Waals surface area contributed by atoms with E-state index < -0.39 is 0 Å². The van der Waals surface area contributed by atoms with E-state index >= 15 is 0 Å². The van der Waals surface area contributed by atoms with Crippen LogP contribution < -0.4 is 10.1 Å². The van der Waals surface area contributed by atoms with Gasteiger partial charge in [-0.2, -0.15) is 0 Å². The van der Waals surface area contributed by atoms with Crippen LogP contribution in [0, 0.1) is 10.1 Å². The molecule has 0 saturated heterocycles. The van der Waals surface area contributed by atoms with Crippen LogP contribution in [0.5, 0.6) is 0 Å². The van der Waals surface area contributed by atoms with E-state index in [2.05, 4.69) is 32.6 Å². The van der Waals surface area contributed by atoms with Gasteiger partial charge in [-0.05, 0) is 42.4 Å². The summed E-state index contributed by atoms with van der Waals surface area (Å²) in [6.07, 6.45) is 3.08. The third-order valence-corrected chi connectivity index (χ3v) is 4.90. The molecule has 0 amide bonds. The molecule has 0 spiro atoms. The molecule has 0 radical (unpaired) electrons. The highest BCUT2D eigenvalue weighted by Gasteiger charge is 2.34. The first kappa shape index (κ1) is 16.0.